The minimum Gasteiger partial charge on any atom is -0.378 e. The Labute approximate surface area is 121 Å². The second kappa shape index (κ2) is 7.28. The Morgan fingerprint density at radius 1 is 1.47 bits per heavy atom. The highest BCUT2D eigenvalue weighted by molar-refractivity contribution is 6.30. The fraction of sp³-hybridized carbons (Fsp3) is 0.625. The van der Waals surface area contributed by atoms with Gasteiger partial charge in [-0.2, -0.15) is 0 Å². The minimum atomic E-state index is 0.337. The van der Waals surface area contributed by atoms with Crippen molar-refractivity contribution < 1.29 is 4.74 Å². The lowest BCUT2D eigenvalue weighted by Gasteiger charge is -2.32. The maximum atomic E-state index is 6.05. The van der Waals surface area contributed by atoms with Gasteiger partial charge >= 0.3 is 0 Å². The predicted molar refractivity (Wildman–Crippen MR) is 80.7 cm³/mol. The number of hydrogen-bond donors (Lipinski definition) is 1. The van der Waals surface area contributed by atoms with Crippen molar-refractivity contribution in [3.8, 4) is 0 Å². The Hall–Kier alpha value is -0.570. The lowest BCUT2D eigenvalue weighted by atomic mass is 9.98. The van der Waals surface area contributed by atoms with Crippen molar-refractivity contribution in [3.05, 3.63) is 34.9 Å². The van der Waals surface area contributed by atoms with Crippen molar-refractivity contribution in [2.45, 2.75) is 57.7 Å². The smallest absolute Gasteiger partial charge is 0.0589 e. The third kappa shape index (κ3) is 4.48. The van der Waals surface area contributed by atoms with Crippen LogP contribution in [0.2, 0.25) is 5.02 Å². The fourth-order valence-corrected chi connectivity index (χ4v) is 2.98. The molecule has 1 aromatic carbocycles. The van der Waals surface area contributed by atoms with Gasteiger partial charge in [-0.1, -0.05) is 37.1 Å². The van der Waals surface area contributed by atoms with Crippen molar-refractivity contribution in [1.82, 2.24) is 5.32 Å². The average Bonchev–Trinajstić information content (AvgIpc) is 2.39. The van der Waals surface area contributed by atoms with Crippen LogP contribution in [0.3, 0.4) is 0 Å². The molecule has 1 N–H and O–H groups in total. The highest BCUT2D eigenvalue weighted by Gasteiger charge is 2.23. The highest BCUT2D eigenvalue weighted by Crippen LogP contribution is 2.22. The van der Waals surface area contributed by atoms with E-state index in [0.29, 0.717) is 18.2 Å². The molecule has 0 saturated carbocycles. The molecule has 2 rings (SSSR count). The van der Waals surface area contributed by atoms with Crippen molar-refractivity contribution in [3.63, 3.8) is 0 Å². The molecule has 0 aromatic heterocycles. The summed E-state index contributed by atoms with van der Waals surface area (Å²) in [4.78, 5) is 0. The molecule has 1 aliphatic rings. The Morgan fingerprint density at radius 3 is 3.05 bits per heavy atom. The normalized spacial score (nSPS) is 25.2. The second-order valence-corrected chi connectivity index (χ2v) is 5.88. The van der Waals surface area contributed by atoms with Crippen LogP contribution in [0.4, 0.5) is 0 Å². The first-order chi connectivity index (χ1) is 9.19. The summed E-state index contributed by atoms with van der Waals surface area (Å²) >= 11 is 6.05. The zero-order valence-electron chi connectivity index (χ0n) is 11.9. The molecule has 106 valence electrons. The Morgan fingerprint density at radius 2 is 2.32 bits per heavy atom. The molecule has 3 heteroatoms. The largest absolute Gasteiger partial charge is 0.378 e. The number of nitrogens with one attached hydrogen (secondary N) is 1. The zero-order chi connectivity index (χ0) is 13.7. The predicted octanol–water partition coefficient (Wildman–Crippen LogP) is 4.34. The van der Waals surface area contributed by atoms with Gasteiger partial charge in [0.05, 0.1) is 6.10 Å². The van der Waals surface area contributed by atoms with E-state index in [9.17, 15) is 0 Å². The number of hydrogen-bond acceptors (Lipinski definition) is 2. The van der Waals surface area contributed by atoms with Crippen LogP contribution in [-0.2, 0) is 4.74 Å². The number of ether oxygens (including phenoxy) is 1. The van der Waals surface area contributed by atoms with Crippen LogP contribution in [0.1, 0.15) is 51.1 Å². The monoisotopic (exact) mass is 281 g/mol. The summed E-state index contributed by atoms with van der Waals surface area (Å²) in [7, 11) is 0. The average molecular weight is 282 g/mol. The van der Waals surface area contributed by atoms with E-state index in [2.05, 4.69) is 25.2 Å². The van der Waals surface area contributed by atoms with Gasteiger partial charge in [0.2, 0.25) is 0 Å². The van der Waals surface area contributed by atoms with Crippen LogP contribution in [-0.4, -0.2) is 18.8 Å². The molecular weight excluding hydrogens is 258 g/mol. The number of rotatable bonds is 5. The van der Waals surface area contributed by atoms with Gasteiger partial charge in [-0.25, -0.2) is 0 Å². The van der Waals surface area contributed by atoms with E-state index in [-0.39, 0.29) is 0 Å². The van der Waals surface area contributed by atoms with Crippen LogP contribution in [0.15, 0.2) is 24.3 Å². The lowest BCUT2D eigenvalue weighted by molar-refractivity contribution is -0.00472. The Bertz CT molecular complexity index is 394. The molecule has 0 spiro atoms. The quantitative estimate of drug-likeness (QED) is 0.867. The molecular formula is C16H24ClNO. The van der Waals surface area contributed by atoms with E-state index in [1.807, 2.05) is 18.2 Å². The van der Waals surface area contributed by atoms with Crippen molar-refractivity contribution in [2.75, 3.05) is 6.61 Å². The third-order valence-electron chi connectivity index (χ3n) is 3.81. The number of benzene rings is 1. The van der Waals surface area contributed by atoms with Crippen molar-refractivity contribution >= 4 is 11.6 Å². The van der Waals surface area contributed by atoms with Crippen molar-refractivity contribution in [2.24, 2.45) is 0 Å². The summed E-state index contributed by atoms with van der Waals surface area (Å²) in [6.07, 6.45) is 5.03. The molecule has 1 aliphatic heterocycles. The first-order valence-electron chi connectivity index (χ1n) is 7.32. The Kier molecular flexibility index (Phi) is 5.68. The first-order valence-corrected chi connectivity index (χ1v) is 7.70. The van der Waals surface area contributed by atoms with Crippen molar-refractivity contribution in [1.29, 1.82) is 0 Å². The molecule has 2 nitrogen and oxygen atoms in total. The van der Waals surface area contributed by atoms with E-state index < -0.39 is 0 Å². The summed E-state index contributed by atoms with van der Waals surface area (Å²) < 4.78 is 5.79. The topological polar surface area (TPSA) is 21.3 Å². The van der Waals surface area contributed by atoms with E-state index in [4.69, 9.17) is 16.3 Å². The van der Waals surface area contributed by atoms with Gasteiger partial charge in [0.15, 0.2) is 0 Å². The molecule has 1 saturated heterocycles. The fourth-order valence-electron chi connectivity index (χ4n) is 2.78. The second-order valence-electron chi connectivity index (χ2n) is 5.45. The number of halogens is 1. The molecule has 19 heavy (non-hydrogen) atoms. The summed E-state index contributed by atoms with van der Waals surface area (Å²) in [6, 6.07) is 9.00. The summed E-state index contributed by atoms with van der Waals surface area (Å²) in [5, 5.41) is 4.52. The van der Waals surface area contributed by atoms with E-state index in [0.717, 1.165) is 24.5 Å². The Balaban J connectivity index is 1.89. The maximum absolute atomic E-state index is 6.05. The van der Waals surface area contributed by atoms with Gasteiger partial charge in [-0.15, -0.1) is 0 Å². The molecule has 0 amide bonds. The summed E-state index contributed by atoms with van der Waals surface area (Å²) in [5.74, 6) is 0. The van der Waals surface area contributed by atoms with Gasteiger partial charge in [-0.05, 0) is 43.9 Å². The summed E-state index contributed by atoms with van der Waals surface area (Å²) in [6.45, 7) is 5.30. The van der Waals surface area contributed by atoms with Gasteiger partial charge in [0, 0.05) is 23.7 Å². The van der Waals surface area contributed by atoms with E-state index >= 15 is 0 Å². The molecule has 1 heterocycles. The first kappa shape index (κ1) is 14.8. The molecule has 1 fully saturated rings. The molecule has 0 bridgehead atoms. The molecule has 2 unspecified atom stereocenters. The van der Waals surface area contributed by atoms with Gasteiger partial charge in [0.1, 0.15) is 0 Å². The summed E-state index contributed by atoms with van der Waals surface area (Å²) in [5.41, 5.74) is 1.26. The van der Waals surface area contributed by atoms with Gasteiger partial charge in [-0.3, -0.25) is 0 Å². The van der Waals surface area contributed by atoms with E-state index in [1.54, 1.807) is 0 Å². The highest BCUT2D eigenvalue weighted by atomic mass is 35.5. The van der Waals surface area contributed by atoms with Crippen LogP contribution in [0.5, 0.6) is 0 Å². The molecule has 0 radical (unpaired) electrons. The van der Waals surface area contributed by atoms with E-state index in [1.165, 1.54) is 18.4 Å². The molecule has 1 aromatic rings. The van der Waals surface area contributed by atoms with Crippen LogP contribution in [0, 0.1) is 0 Å². The van der Waals surface area contributed by atoms with Crippen LogP contribution >= 0.6 is 11.6 Å². The molecule has 3 atom stereocenters. The maximum Gasteiger partial charge on any atom is 0.0589 e. The zero-order valence-corrected chi connectivity index (χ0v) is 12.6. The minimum absolute atomic E-state index is 0.337. The lowest BCUT2D eigenvalue weighted by Crippen LogP contribution is -2.40. The van der Waals surface area contributed by atoms with Gasteiger partial charge < -0.3 is 10.1 Å². The molecule has 0 aliphatic carbocycles. The van der Waals surface area contributed by atoms with Crippen LogP contribution < -0.4 is 5.32 Å². The SMILES string of the molecule is CCCC1CC(N[C@@H](C)c2cccc(Cl)c2)CCO1. The standard InChI is InChI=1S/C16H24ClNO/c1-3-5-16-11-15(8-9-19-16)18-12(2)13-6-4-7-14(17)10-13/h4,6-7,10,12,15-16,18H,3,5,8-9,11H2,1-2H3/t12-,15?,16?/m0/s1. The van der Waals surface area contributed by atoms with Gasteiger partial charge in [0.25, 0.3) is 0 Å². The van der Waals surface area contributed by atoms with Crippen LogP contribution in [0.25, 0.3) is 0 Å². The third-order valence-corrected chi connectivity index (χ3v) is 4.05.